The fourth-order valence-electron chi connectivity index (χ4n) is 5.70. The molecule has 3 aliphatic rings. The molecule has 3 rings (SSSR count). The lowest BCUT2D eigenvalue weighted by Crippen LogP contribution is -2.28. The van der Waals surface area contributed by atoms with E-state index in [1.807, 2.05) is 0 Å². The Bertz CT molecular complexity index is 726. The van der Waals surface area contributed by atoms with Crippen molar-refractivity contribution < 1.29 is 17.6 Å². The molecular formula is C27H38F4. The quantitative estimate of drug-likeness (QED) is 0.286. The van der Waals surface area contributed by atoms with Gasteiger partial charge in [-0.1, -0.05) is 45.8 Å². The first-order valence-corrected chi connectivity index (χ1v) is 12.2. The summed E-state index contributed by atoms with van der Waals surface area (Å²) in [6.07, 6.45) is 15.3. The van der Waals surface area contributed by atoms with E-state index in [1.165, 1.54) is 52.4 Å². The van der Waals surface area contributed by atoms with Crippen LogP contribution in [-0.2, 0) is 0 Å². The SMILES string of the molecule is CC1CCC(C2CCC(C3C=CC(CC=C(F)C(F)=C(F)C(C)C)=C(F)C3)CC2)CC1. The minimum Gasteiger partial charge on any atom is -0.211 e. The average molecular weight is 439 g/mol. The van der Waals surface area contributed by atoms with Crippen LogP contribution in [0, 0.1) is 35.5 Å². The van der Waals surface area contributed by atoms with Crippen molar-refractivity contribution in [3.63, 3.8) is 0 Å². The Hall–Kier alpha value is -1.32. The fraction of sp³-hybridized carbons (Fsp3) is 0.704. The van der Waals surface area contributed by atoms with Gasteiger partial charge in [-0.2, -0.15) is 0 Å². The second kappa shape index (κ2) is 11.0. The van der Waals surface area contributed by atoms with E-state index in [2.05, 4.69) is 13.0 Å². The molecule has 31 heavy (non-hydrogen) atoms. The molecule has 2 saturated carbocycles. The van der Waals surface area contributed by atoms with Gasteiger partial charge in [0.25, 0.3) is 0 Å². The van der Waals surface area contributed by atoms with E-state index in [0.29, 0.717) is 17.9 Å². The van der Waals surface area contributed by atoms with Crippen molar-refractivity contribution in [1.82, 2.24) is 0 Å². The zero-order valence-electron chi connectivity index (χ0n) is 19.3. The monoisotopic (exact) mass is 438 g/mol. The molecule has 0 N–H and O–H groups in total. The van der Waals surface area contributed by atoms with Crippen LogP contribution in [0.1, 0.15) is 85.0 Å². The van der Waals surface area contributed by atoms with Gasteiger partial charge >= 0.3 is 0 Å². The molecule has 0 nitrogen and oxygen atoms in total. The van der Waals surface area contributed by atoms with E-state index < -0.39 is 23.4 Å². The lowest BCUT2D eigenvalue weighted by Gasteiger charge is -2.39. The molecule has 0 spiro atoms. The van der Waals surface area contributed by atoms with Gasteiger partial charge in [-0.05, 0) is 86.2 Å². The molecule has 1 unspecified atom stereocenters. The standard InChI is InChI=1S/C27H38F4/c1-17(2)26(30)27(31)24(28)15-14-22-12-13-23(16-25(22)29)21-10-8-20(9-11-21)19-6-4-18(3)5-7-19/h12-13,15,17-21,23H,4-11,14,16H2,1-3H3. The molecule has 0 saturated heterocycles. The third-order valence-electron chi connectivity index (χ3n) is 7.88. The zero-order valence-corrected chi connectivity index (χ0v) is 19.3. The number of halogens is 4. The van der Waals surface area contributed by atoms with Gasteiger partial charge in [-0.25, -0.2) is 17.6 Å². The van der Waals surface area contributed by atoms with Crippen LogP contribution in [0.2, 0.25) is 0 Å². The van der Waals surface area contributed by atoms with Crippen LogP contribution in [0.25, 0.3) is 0 Å². The number of allylic oxidation sites excluding steroid dienone is 8. The predicted octanol–water partition coefficient (Wildman–Crippen LogP) is 9.47. The highest BCUT2D eigenvalue weighted by molar-refractivity contribution is 5.32. The summed E-state index contributed by atoms with van der Waals surface area (Å²) in [6, 6.07) is 0. The lowest BCUT2D eigenvalue weighted by atomic mass is 9.67. The van der Waals surface area contributed by atoms with E-state index in [1.54, 1.807) is 6.08 Å². The summed E-state index contributed by atoms with van der Waals surface area (Å²) < 4.78 is 55.9. The van der Waals surface area contributed by atoms with Crippen LogP contribution in [0.4, 0.5) is 17.6 Å². The highest BCUT2D eigenvalue weighted by Crippen LogP contribution is 2.45. The molecule has 0 aromatic carbocycles. The third-order valence-corrected chi connectivity index (χ3v) is 7.88. The van der Waals surface area contributed by atoms with Gasteiger partial charge in [0.1, 0.15) is 11.7 Å². The first-order valence-electron chi connectivity index (χ1n) is 12.2. The summed E-state index contributed by atoms with van der Waals surface area (Å²) in [5.74, 6) is -1.48. The first kappa shape index (κ1) is 24.3. The van der Waals surface area contributed by atoms with Crippen molar-refractivity contribution in [2.45, 2.75) is 85.0 Å². The second-order valence-corrected chi connectivity index (χ2v) is 10.4. The van der Waals surface area contributed by atoms with Gasteiger partial charge in [0.15, 0.2) is 11.7 Å². The van der Waals surface area contributed by atoms with E-state index in [9.17, 15) is 17.6 Å². The van der Waals surface area contributed by atoms with Crippen LogP contribution in [0.3, 0.4) is 0 Å². The summed E-state index contributed by atoms with van der Waals surface area (Å²) in [5, 5.41) is 0. The molecule has 0 aromatic heterocycles. The molecule has 2 fully saturated rings. The second-order valence-electron chi connectivity index (χ2n) is 10.4. The molecule has 0 aromatic rings. The van der Waals surface area contributed by atoms with Crippen molar-refractivity contribution in [2.75, 3.05) is 0 Å². The highest BCUT2D eigenvalue weighted by atomic mass is 19.2. The van der Waals surface area contributed by atoms with Gasteiger partial charge in [-0.3, -0.25) is 0 Å². The summed E-state index contributed by atoms with van der Waals surface area (Å²) in [6.45, 7) is 5.27. The normalized spacial score (nSPS) is 33.7. The van der Waals surface area contributed by atoms with Crippen molar-refractivity contribution in [2.24, 2.45) is 35.5 Å². The summed E-state index contributed by atoms with van der Waals surface area (Å²) in [4.78, 5) is 0. The molecule has 1 atom stereocenters. The van der Waals surface area contributed by atoms with Crippen LogP contribution in [0.5, 0.6) is 0 Å². The summed E-state index contributed by atoms with van der Waals surface area (Å²) >= 11 is 0. The molecule has 0 amide bonds. The first-order chi connectivity index (χ1) is 14.8. The van der Waals surface area contributed by atoms with Crippen molar-refractivity contribution in [1.29, 1.82) is 0 Å². The van der Waals surface area contributed by atoms with Crippen LogP contribution in [0.15, 0.2) is 47.1 Å². The summed E-state index contributed by atoms with van der Waals surface area (Å²) in [7, 11) is 0. The van der Waals surface area contributed by atoms with Crippen molar-refractivity contribution >= 4 is 0 Å². The number of hydrogen-bond acceptors (Lipinski definition) is 0. The van der Waals surface area contributed by atoms with E-state index in [0.717, 1.165) is 36.7 Å². The molecule has 0 heterocycles. The Morgan fingerprint density at radius 1 is 0.935 bits per heavy atom. The maximum Gasteiger partial charge on any atom is 0.190 e. The van der Waals surface area contributed by atoms with E-state index >= 15 is 0 Å². The maximum atomic E-state index is 14.7. The Morgan fingerprint density at radius 2 is 1.48 bits per heavy atom. The summed E-state index contributed by atoms with van der Waals surface area (Å²) in [5.41, 5.74) is 0.370. The molecule has 0 radical (unpaired) electrons. The Morgan fingerprint density at radius 3 is 2.03 bits per heavy atom. The smallest absolute Gasteiger partial charge is 0.190 e. The van der Waals surface area contributed by atoms with Gasteiger partial charge in [0.2, 0.25) is 0 Å². The predicted molar refractivity (Wildman–Crippen MR) is 120 cm³/mol. The average Bonchev–Trinajstić information content (AvgIpc) is 2.77. The molecule has 4 heteroatoms. The maximum absolute atomic E-state index is 14.7. The number of hydrogen-bond donors (Lipinski definition) is 0. The van der Waals surface area contributed by atoms with Crippen LogP contribution in [-0.4, -0.2) is 0 Å². The van der Waals surface area contributed by atoms with Crippen molar-refractivity contribution in [3.8, 4) is 0 Å². The molecule has 174 valence electrons. The molecule has 0 aliphatic heterocycles. The Balaban J connectivity index is 1.50. The van der Waals surface area contributed by atoms with E-state index in [4.69, 9.17) is 0 Å². The Kier molecular flexibility index (Phi) is 8.64. The zero-order chi connectivity index (χ0) is 22.5. The lowest BCUT2D eigenvalue weighted by molar-refractivity contribution is 0.135. The molecule has 3 aliphatic carbocycles. The minimum absolute atomic E-state index is 0.0630. The molecule has 0 bridgehead atoms. The fourth-order valence-corrected chi connectivity index (χ4v) is 5.70. The van der Waals surface area contributed by atoms with E-state index in [-0.39, 0.29) is 18.2 Å². The number of rotatable bonds is 6. The Labute approximate surface area is 185 Å². The third kappa shape index (κ3) is 6.35. The molecular weight excluding hydrogens is 400 g/mol. The highest BCUT2D eigenvalue weighted by Gasteiger charge is 2.33. The van der Waals surface area contributed by atoms with Gasteiger partial charge in [-0.15, -0.1) is 0 Å². The van der Waals surface area contributed by atoms with Gasteiger partial charge < -0.3 is 0 Å². The largest absolute Gasteiger partial charge is 0.211 e. The van der Waals surface area contributed by atoms with Gasteiger partial charge in [0.05, 0.1) is 0 Å². The van der Waals surface area contributed by atoms with Crippen LogP contribution >= 0.6 is 0 Å². The minimum atomic E-state index is -1.47. The van der Waals surface area contributed by atoms with Crippen molar-refractivity contribution in [3.05, 3.63) is 47.1 Å². The van der Waals surface area contributed by atoms with Gasteiger partial charge in [0, 0.05) is 12.3 Å². The topological polar surface area (TPSA) is 0 Å². The van der Waals surface area contributed by atoms with Crippen LogP contribution < -0.4 is 0 Å².